The number of halogens is 1. The molecule has 0 fully saturated rings. The maximum atomic E-state index is 13.2. The van der Waals surface area contributed by atoms with Crippen molar-refractivity contribution in [2.75, 3.05) is 11.9 Å². The van der Waals surface area contributed by atoms with Crippen molar-refractivity contribution in [1.82, 2.24) is 14.5 Å². The van der Waals surface area contributed by atoms with Gasteiger partial charge in [0.15, 0.2) is 0 Å². The van der Waals surface area contributed by atoms with Crippen LogP contribution in [0.1, 0.15) is 45.5 Å². The number of rotatable bonds is 7. The van der Waals surface area contributed by atoms with Crippen LogP contribution in [0.25, 0.3) is 10.9 Å². The second-order valence-corrected chi connectivity index (χ2v) is 7.53. The van der Waals surface area contributed by atoms with E-state index in [1.54, 1.807) is 39.8 Å². The molecule has 0 radical (unpaired) electrons. The van der Waals surface area contributed by atoms with Crippen LogP contribution < -0.4 is 10.9 Å². The Balaban J connectivity index is 2.03. The molecule has 1 unspecified atom stereocenters. The van der Waals surface area contributed by atoms with E-state index in [1.165, 1.54) is 0 Å². The molecule has 0 saturated carbocycles. The van der Waals surface area contributed by atoms with E-state index in [0.717, 1.165) is 6.42 Å². The van der Waals surface area contributed by atoms with Crippen molar-refractivity contribution in [2.24, 2.45) is 0 Å². The highest BCUT2D eigenvalue weighted by Gasteiger charge is 2.27. The molecule has 158 valence electrons. The molecular formula is C23H27ClN4O2. The summed E-state index contributed by atoms with van der Waals surface area (Å²) in [6.45, 7) is 6.98. The number of benzene rings is 2. The molecule has 0 saturated heterocycles. The van der Waals surface area contributed by atoms with Crippen LogP contribution in [-0.4, -0.2) is 27.0 Å². The van der Waals surface area contributed by atoms with E-state index >= 15 is 0 Å². The summed E-state index contributed by atoms with van der Waals surface area (Å²) in [5.74, 6) is 0.614. The quantitative estimate of drug-likeness (QED) is 0.545. The number of aromatic nitrogens is 2. The Kier molecular flexibility index (Phi) is 7.11. The summed E-state index contributed by atoms with van der Waals surface area (Å²) in [5.41, 5.74) is 1.24. The summed E-state index contributed by atoms with van der Waals surface area (Å²) >= 11 is 5.95. The molecule has 0 aliphatic heterocycles. The molecule has 0 aliphatic rings. The van der Waals surface area contributed by atoms with Gasteiger partial charge in [0.25, 0.3) is 5.56 Å². The number of fused-ring (bicyclic) bond motifs is 1. The molecular weight excluding hydrogens is 400 g/mol. The van der Waals surface area contributed by atoms with Crippen LogP contribution in [0.15, 0.2) is 53.3 Å². The molecule has 0 spiro atoms. The monoisotopic (exact) mass is 426 g/mol. The highest BCUT2D eigenvalue weighted by atomic mass is 35.5. The van der Waals surface area contributed by atoms with Crippen molar-refractivity contribution < 1.29 is 4.79 Å². The Morgan fingerprint density at radius 2 is 1.83 bits per heavy atom. The maximum Gasteiger partial charge on any atom is 0.322 e. The Morgan fingerprint density at radius 3 is 2.47 bits per heavy atom. The topological polar surface area (TPSA) is 67.2 Å². The van der Waals surface area contributed by atoms with Gasteiger partial charge in [0.1, 0.15) is 5.82 Å². The van der Waals surface area contributed by atoms with E-state index in [0.29, 0.717) is 46.9 Å². The molecule has 1 heterocycles. The van der Waals surface area contributed by atoms with Gasteiger partial charge >= 0.3 is 6.03 Å². The predicted octanol–water partition coefficient (Wildman–Crippen LogP) is 5.47. The lowest BCUT2D eigenvalue weighted by molar-refractivity contribution is 0.180. The zero-order valence-electron chi connectivity index (χ0n) is 17.6. The number of nitrogens with one attached hydrogen (secondary N) is 1. The lowest BCUT2D eigenvalue weighted by Gasteiger charge is -2.32. The van der Waals surface area contributed by atoms with Crippen LogP contribution in [-0.2, 0) is 6.54 Å². The molecule has 6 nitrogen and oxygen atoms in total. The molecule has 3 aromatic rings. The van der Waals surface area contributed by atoms with Crippen molar-refractivity contribution in [3.05, 3.63) is 69.7 Å². The third-order valence-corrected chi connectivity index (χ3v) is 5.34. The van der Waals surface area contributed by atoms with Gasteiger partial charge < -0.3 is 10.2 Å². The summed E-state index contributed by atoms with van der Waals surface area (Å²) < 4.78 is 1.68. The summed E-state index contributed by atoms with van der Waals surface area (Å²) in [6, 6.07) is 13.8. The van der Waals surface area contributed by atoms with Crippen molar-refractivity contribution in [3.8, 4) is 0 Å². The first-order chi connectivity index (χ1) is 14.5. The highest BCUT2D eigenvalue weighted by Crippen LogP contribution is 2.25. The largest absolute Gasteiger partial charge is 0.322 e. The number of carbonyl (C=O) groups excluding carboxylic acids is 1. The van der Waals surface area contributed by atoms with Crippen LogP contribution in [0.5, 0.6) is 0 Å². The summed E-state index contributed by atoms with van der Waals surface area (Å²) in [4.78, 5) is 32.8. The summed E-state index contributed by atoms with van der Waals surface area (Å²) in [5, 5.41) is 4.14. The number of amides is 2. The van der Waals surface area contributed by atoms with Crippen molar-refractivity contribution >= 4 is 34.2 Å². The number of carbonyl (C=O) groups is 1. The third kappa shape index (κ3) is 4.49. The van der Waals surface area contributed by atoms with E-state index in [1.807, 2.05) is 39.0 Å². The van der Waals surface area contributed by atoms with Gasteiger partial charge in [0.05, 0.1) is 16.9 Å². The van der Waals surface area contributed by atoms with Gasteiger partial charge in [-0.2, -0.15) is 0 Å². The second kappa shape index (κ2) is 9.76. The number of nitrogens with zero attached hydrogens (tertiary/aromatic N) is 3. The first-order valence-corrected chi connectivity index (χ1v) is 10.7. The molecule has 0 bridgehead atoms. The van der Waals surface area contributed by atoms with Crippen molar-refractivity contribution in [2.45, 2.75) is 46.2 Å². The maximum absolute atomic E-state index is 13.2. The SMILES string of the molecule is CCCN(C(=O)Nc1ccc(Cl)cc1)C(CC)c1nc2ccccc2c(=O)n1CC. The first-order valence-electron chi connectivity index (χ1n) is 10.3. The average Bonchev–Trinajstić information content (AvgIpc) is 2.75. The van der Waals surface area contributed by atoms with E-state index in [9.17, 15) is 9.59 Å². The number of para-hydroxylation sites is 1. The zero-order chi connectivity index (χ0) is 21.7. The van der Waals surface area contributed by atoms with E-state index < -0.39 is 0 Å². The molecule has 1 aromatic heterocycles. The van der Waals surface area contributed by atoms with Crippen LogP contribution in [0, 0.1) is 0 Å². The van der Waals surface area contributed by atoms with E-state index in [4.69, 9.17) is 16.6 Å². The van der Waals surface area contributed by atoms with Gasteiger partial charge in [0, 0.05) is 23.8 Å². The Morgan fingerprint density at radius 1 is 1.13 bits per heavy atom. The molecule has 2 aromatic carbocycles. The standard InChI is InChI=1S/C23H27ClN4O2/c1-4-15-28(23(30)25-17-13-11-16(24)12-14-17)20(5-2)21-26-19-10-8-7-9-18(19)22(29)27(21)6-3/h7-14,20H,4-6,15H2,1-3H3,(H,25,30). The van der Waals surface area contributed by atoms with Gasteiger partial charge in [-0.25, -0.2) is 9.78 Å². The number of anilines is 1. The zero-order valence-corrected chi connectivity index (χ0v) is 18.3. The molecule has 0 aliphatic carbocycles. The minimum Gasteiger partial charge on any atom is -0.314 e. The molecule has 1 N–H and O–H groups in total. The lowest BCUT2D eigenvalue weighted by Crippen LogP contribution is -2.41. The first kappa shape index (κ1) is 21.8. The summed E-state index contributed by atoms with van der Waals surface area (Å²) in [7, 11) is 0. The smallest absolute Gasteiger partial charge is 0.314 e. The highest BCUT2D eigenvalue weighted by molar-refractivity contribution is 6.30. The fraction of sp³-hybridized carbons (Fsp3) is 0.348. The third-order valence-electron chi connectivity index (χ3n) is 5.09. The lowest BCUT2D eigenvalue weighted by atomic mass is 10.1. The predicted molar refractivity (Wildman–Crippen MR) is 122 cm³/mol. The molecule has 2 amide bonds. The Hall–Kier alpha value is -2.86. The van der Waals surface area contributed by atoms with Crippen molar-refractivity contribution in [1.29, 1.82) is 0 Å². The van der Waals surface area contributed by atoms with Crippen molar-refractivity contribution in [3.63, 3.8) is 0 Å². The summed E-state index contributed by atoms with van der Waals surface area (Å²) in [6.07, 6.45) is 1.42. The number of hydrogen-bond donors (Lipinski definition) is 1. The number of hydrogen-bond acceptors (Lipinski definition) is 3. The van der Waals surface area contributed by atoms with Crippen LogP contribution in [0.2, 0.25) is 5.02 Å². The number of urea groups is 1. The Labute approximate surface area is 181 Å². The molecule has 1 atom stereocenters. The minimum atomic E-state index is -0.325. The molecule has 7 heteroatoms. The van der Waals surface area contributed by atoms with Crippen LogP contribution in [0.3, 0.4) is 0 Å². The van der Waals surface area contributed by atoms with Gasteiger partial charge in [0.2, 0.25) is 0 Å². The van der Waals surface area contributed by atoms with Gasteiger partial charge in [-0.15, -0.1) is 0 Å². The van der Waals surface area contributed by atoms with Gasteiger partial charge in [-0.05, 0) is 56.2 Å². The fourth-order valence-electron chi connectivity index (χ4n) is 3.66. The van der Waals surface area contributed by atoms with E-state index in [2.05, 4.69) is 5.32 Å². The van der Waals surface area contributed by atoms with E-state index in [-0.39, 0.29) is 17.6 Å². The minimum absolute atomic E-state index is 0.0777. The second-order valence-electron chi connectivity index (χ2n) is 7.09. The molecule has 3 rings (SSSR count). The van der Waals surface area contributed by atoms with Crippen LogP contribution in [0.4, 0.5) is 10.5 Å². The van der Waals surface area contributed by atoms with Gasteiger partial charge in [-0.3, -0.25) is 9.36 Å². The molecule has 30 heavy (non-hydrogen) atoms. The van der Waals surface area contributed by atoms with Crippen LogP contribution >= 0.6 is 11.6 Å². The average molecular weight is 427 g/mol. The normalized spacial score (nSPS) is 12.0. The fourth-order valence-corrected chi connectivity index (χ4v) is 3.78. The van der Waals surface area contributed by atoms with Gasteiger partial charge in [-0.1, -0.05) is 37.6 Å². The Bertz CT molecular complexity index is 1080.